The van der Waals surface area contributed by atoms with Crippen LogP contribution in [0.1, 0.15) is 28.3 Å². The van der Waals surface area contributed by atoms with Gasteiger partial charge in [0, 0.05) is 32.3 Å². The summed E-state index contributed by atoms with van der Waals surface area (Å²) in [6.45, 7) is 0.618. The van der Waals surface area contributed by atoms with Crippen LogP contribution in [0.2, 0.25) is 0 Å². The molecule has 0 fully saturated rings. The number of H-pyrrole nitrogens is 1. The van der Waals surface area contributed by atoms with E-state index in [9.17, 15) is 9.59 Å². The number of benzene rings is 1. The molecule has 9 heteroatoms. The summed E-state index contributed by atoms with van der Waals surface area (Å²) in [5.41, 5.74) is 0.772. The van der Waals surface area contributed by atoms with Gasteiger partial charge in [-0.15, -0.1) is 10.2 Å². The minimum absolute atomic E-state index is 0.0412. The highest BCUT2D eigenvalue weighted by molar-refractivity contribution is 5.95. The molecule has 9 nitrogen and oxygen atoms in total. The molecule has 0 atom stereocenters. The number of hydrogen-bond donors (Lipinski definition) is 2. The van der Waals surface area contributed by atoms with E-state index < -0.39 is 0 Å². The molecular weight excluding hydrogens is 348 g/mol. The van der Waals surface area contributed by atoms with E-state index in [4.69, 9.17) is 4.74 Å². The number of pyridine rings is 1. The van der Waals surface area contributed by atoms with Gasteiger partial charge in [0.2, 0.25) is 5.43 Å². The lowest BCUT2D eigenvalue weighted by molar-refractivity contribution is 0.0938. The Morgan fingerprint density at radius 3 is 2.81 bits per heavy atom. The Morgan fingerprint density at radius 2 is 2.07 bits per heavy atom. The van der Waals surface area contributed by atoms with Crippen molar-refractivity contribution in [1.82, 2.24) is 30.5 Å². The molecule has 0 saturated carbocycles. The lowest BCUT2D eigenvalue weighted by Crippen LogP contribution is -2.30. The molecule has 0 radical (unpaired) electrons. The first-order valence-electron chi connectivity index (χ1n) is 8.52. The number of rotatable bonds is 8. The number of hydrogen-bond acceptors (Lipinski definition) is 6. The second-order valence-electron chi connectivity index (χ2n) is 5.93. The predicted molar refractivity (Wildman–Crippen MR) is 97.3 cm³/mol. The molecule has 0 saturated heterocycles. The smallest absolute Gasteiger partial charge is 0.271 e. The molecule has 0 bridgehead atoms. The number of tetrazole rings is 1. The normalized spacial score (nSPS) is 10.6. The standard InChI is InChI=1S/C18H20N6O3/c1-24-11-9-14(25)17(27-12-13-6-3-2-4-7-13)16(24)18(26)19-10-5-8-15-20-22-23-21-15/h2-4,6-7,9,11H,5,8,10,12H2,1H3,(H,19,26)(H,20,21,22,23). The van der Waals surface area contributed by atoms with E-state index in [0.717, 1.165) is 5.56 Å². The molecule has 1 aromatic carbocycles. The summed E-state index contributed by atoms with van der Waals surface area (Å²) >= 11 is 0. The lowest BCUT2D eigenvalue weighted by atomic mass is 10.2. The summed E-state index contributed by atoms with van der Waals surface area (Å²) in [6, 6.07) is 10.8. The van der Waals surface area contributed by atoms with Gasteiger partial charge < -0.3 is 14.6 Å². The van der Waals surface area contributed by atoms with E-state index in [2.05, 4.69) is 25.9 Å². The van der Waals surface area contributed by atoms with Gasteiger partial charge in [0.05, 0.1) is 0 Å². The second-order valence-corrected chi connectivity index (χ2v) is 5.93. The largest absolute Gasteiger partial charge is 0.483 e. The van der Waals surface area contributed by atoms with Crippen molar-refractivity contribution in [1.29, 1.82) is 0 Å². The molecule has 0 aliphatic rings. The fourth-order valence-corrected chi connectivity index (χ4v) is 2.56. The highest BCUT2D eigenvalue weighted by Gasteiger charge is 2.18. The first-order valence-corrected chi connectivity index (χ1v) is 8.52. The van der Waals surface area contributed by atoms with Crippen molar-refractivity contribution in [2.45, 2.75) is 19.4 Å². The third-order valence-electron chi connectivity index (χ3n) is 3.93. The third kappa shape index (κ3) is 4.78. The maximum atomic E-state index is 12.6. The highest BCUT2D eigenvalue weighted by atomic mass is 16.5. The van der Waals surface area contributed by atoms with Gasteiger partial charge in [-0.2, -0.15) is 5.21 Å². The fourth-order valence-electron chi connectivity index (χ4n) is 2.56. The number of nitrogens with zero attached hydrogens (tertiary/aromatic N) is 4. The van der Waals surface area contributed by atoms with E-state index >= 15 is 0 Å². The molecule has 0 aliphatic heterocycles. The Morgan fingerprint density at radius 1 is 1.26 bits per heavy atom. The van der Waals surface area contributed by atoms with E-state index in [1.54, 1.807) is 17.8 Å². The zero-order chi connectivity index (χ0) is 19.1. The highest BCUT2D eigenvalue weighted by Crippen LogP contribution is 2.14. The number of nitrogens with one attached hydrogen (secondary N) is 2. The second kappa shape index (κ2) is 8.75. The molecule has 2 aromatic heterocycles. The summed E-state index contributed by atoms with van der Waals surface area (Å²) in [6.07, 6.45) is 2.78. The van der Waals surface area contributed by atoms with Crippen molar-refractivity contribution >= 4 is 5.91 Å². The number of ether oxygens (including phenoxy) is 1. The number of aromatic amines is 1. The molecule has 3 rings (SSSR count). The zero-order valence-electron chi connectivity index (χ0n) is 14.9. The van der Waals surface area contributed by atoms with Crippen LogP contribution in [-0.2, 0) is 20.1 Å². The van der Waals surface area contributed by atoms with Gasteiger partial charge in [-0.1, -0.05) is 35.5 Å². The average molecular weight is 368 g/mol. The minimum Gasteiger partial charge on any atom is -0.483 e. The fraction of sp³-hybridized carbons (Fsp3) is 0.278. The van der Waals surface area contributed by atoms with Crippen molar-refractivity contribution in [3.05, 3.63) is 69.9 Å². The Hall–Kier alpha value is -3.49. The molecule has 0 spiro atoms. The van der Waals surface area contributed by atoms with Crippen molar-refractivity contribution in [3.8, 4) is 5.75 Å². The van der Waals surface area contributed by atoms with Crippen LogP contribution in [0.4, 0.5) is 0 Å². The average Bonchev–Trinajstić information content (AvgIpc) is 3.20. The number of carbonyl (C=O) groups excluding carboxylic acids is 1. The van der Waals surface area contributed by atoms with Gasteiger partial charge in [-0.25, -0.2) is 0 Å². The maximum absolute atomic E-state index is 12.6. The lowest BCUT2D eigenvalue weighted by Gasteiger charge is -2.14. The van der Waals surface area contributed by atoms with Crippen molar-refractivity contribution in [3.63, 3.8) is 0 Å². The monoisotopic (exact) mass is 368 g/mol. The van der Waals surface area contributed by atoms with E-state index in [1.807, 2.05) is 30.3 Å². The van der Waals surface area contributed by atoms with Gasteiger partial charge in [-0.05, 0) is 12.0 Å². The molecule has 2 N–H and O–H groups in total. The first kappa shape index (κ1) is 18.3. The Balaban J connectivity index is 1.66. The molecule has 2 heterocycles. The van der Waals surface area contributed by atoms with Crippen LogP contribution < -0.4 is 15.5 Å². The quantitative estimate of drug-likeness (QED) is 0.570. The third-order valence-corrected chi connectivity index (χ3v) is 3.93. The summed E-state index contributed by atoms with van der Waals surface area (Å²) in [4.78, 5) is 24.9. The minimum atomic E-state index is -0.369. The van der Waals surface area contributed by atoms with E-state index in [-0.39, 0.29) is 29.4 Å². The van der Waals surface area contributed by atoms with Crippen LogP contribution >= 0.6 is 0 Å². The van der Waals surface area contributed by atoms with Crippen molar-refractivity contribution < 1.29 is 9.53 Å². The van der Waals surface area contributed by atoms with Gasteiger partial charge in [0.1, 0.15) is 6.61 Å². The van der Waals surface area contributed by atoms with Crippen LogP contribution in [-0.4, -0.2) is 37.6 Å². The van der Waals surface area contributed by atoms with E-state index in [0.29, 0.717) is 25.2 Å². The first-order chi connectivity index (χ1) is 13.1. The SMILES string of the molecule is Cn1ccc(=O)c(OCc2ccccc2)c1C(=O)NCCCc1nn[nH]n1. The number of aryl methyl sites for hydroxylation is 2. The van der Waals surface area contributed by atoms with Crippen LogP contribution in [0.15, 0.2) is 47.4 Å². The van der Waals surface area contributed by atoms with Crippen LogP contribution in [0.5, 0.6) is 5.75 Å². The summed E-state index contributed by atoms with van der Waals surface area (Å²) in [5.74, 6) is 0.258. The Labute approximate surface area is 155 Å². The molecule has 0 aliphatic carbocycles. The summed E-state index contributed by atoms with van der Waals surface area (Å²) in [7, 11) is 1.70. The summed E-state index contributed by atoms with van der Waals surface area (Å²) in [5, 5.41) is 16.4. The Bertz CT molecular complexity index is 937. The van der Waals surface area contributed by atoms with Gasteiger partial charge >= 0.3 is 0 Å². The van der Waals surface area contributed by atoms with Gasteiger partial charge in [0.15, 0.2) is 17.3 Å². The number of aromatic nitrogens is 5. The number of amides is 1. The molecule has 0 unspecified atom stereocenters. The molecule has 3 aromatic rings. The molecular formula is C18H20N6O3. The molecule has 27 heavy (non-hydrogen) atoms. The maximum Gasteiger partial charge on any atom is 0.271 e. The van der Waals surface area contributed by atoms with Crippen LogP contribution in [0.3, 0.4) is 0 Å². The van der Waals surface area contributed by atoms with E-state index in [1.165, 1.54) is 6.07 Å². The topological polar surface area (TPSA) is 115 Å². The summed E-state index contributed by atoms with van der Waals surface area (Å²) < 4.78 is 7.27. The van der Waals surface area contributed by atoms with Crippen molar-refractivity contribution in [2.75, 3.05) is 6.54 Å². The predicted octanol–water partition coefficient (Wildman–Crippen LogP) is 0.840. The van der Waals surface area contributed by atoms with Crippen LogP contribution in [0, 0.1) is 0 Å². The molecule has 1 amide bonds. The Kier molecular flexibility index (Phi) is 5.93. The zero-order valence-corrected chi connectivity index (χ0v) is 14.9. The van der Waals surface area contributed by atoms with Gasteiger partial charge in [0.25, 0.3) is 5.91 Å². The van der Waals surface area contributed by atoms with Crippen LogP contribution in [0.25, 0.3) is 0 Å². The van der Waals surface area contributed by atoms with Crippen molar-refractivity contribution in [2.24, 2.45) is 7.05 Å². The number of carbonyl (C=O) groups is 1. The molecule has 140 valence electrons. The van der Waals surface area contributed by atoms with Gasteiger partial charge in [-0.3, -0.25) is 9.59 Å².